The van der Waals surface area contributed by atoms with Crippen molar-refractivity contribution >= 4 is 22.5 Å². The number of urea groups is 1. The topological polar surface area (TPSA) is 45.2 Å². The van der Waals surface area contributed by atoms with Crippen LogP contribution in [0.15, 0.2) is 11.6 Å². The van der Waals surface area contributed by atoms with Crippen molar-refractivity contribution < 1.29 is 4.79 Å². The molecule has 0 fully saturated rings. The molecule has 4 nitrogen and oxygen atoms in total. The summed E-state index contributed by atoms with van der Waals surface area (Å²) in [4.78, 5) is 17.1. The highest BCUT2D eigenvalue weighted by Crippen LogP contribution is 2.10. The van der Waals surface area contributed by atoms with Gasteiger partial charge < -0.3 is 4.90 Å². The summed E-state index contributed by atoms with van der Waals surface area (Å²) in [6.07, 6.45) is 3.79. The van der Waals surface area contributed by atoms with Gasteiger partial charge in [-0.25, -0.2) is 9.78 Å². The maximum absolute atomic E-state index is 11.5. The standard InChI is InChI=1S/C9H15N3OS/c1-3-4-6-12(2)9(13)11-8-10-5-7-14-8/h5,7H,3-4,6H2,1-2H3,(H,10,11,13). The molecule has 0 saturated carbocycles. The van der Waals surface area contributed by atoms with Crippen LogP contribution in [0.5, 0.6) is 0 Å². The third-order valence-electron chi connectivity index (χ3n) is 1.84. The molecule has 1 N–H and O–H groups in total. The summed E-state index contributed by atoms with van der Waals surface area (Å²) in [5, 5.41) is 5.21. The first-order valence-electron chi connectivity index (χ1n) is 4.65. The molecule has 0 atom stereocenters. The normalized spacial score (nSPS) is 9.86. The molecule has 78 valence electrons. The van der Waals surface area contributed by atoms with Gasteiger partial charge in [0, 0.05) is 25.2 Å². The number of anilines is 1. The second-order valence-corrected chi connectivity index (χ2v) is 3.94. The van der Waals surface area contributed by atoms with Crippen molar-refractivity contribution in [2.24, 2.45) is 0 Å². The van der Waals surface area contributed by atoms with Crippen LogP contribution in [0.4, 0.5) is 9.93 Å². The Kier molecular flexibility index (Phi) is 4.39. The predicted octanol–water partition coefficient (Wildman–Crippen LogP) is 2.41. The van der Waals surface area contributed by atoms with Gasteiger partial charge in [0.1, 0.15) is 0 Å². The Balaban J connectivity index is 2.34. The van der Waals surface area contributed by atoms with E-state index >= 15 is 0 Å². The average molecular weight is 213 g/mol. The largest absolute Gasteiger partial charge is 0.328 e. The SMILES string of the molecule is CCCCN(C)C(=O)Nc1nccs1. The Morgan fingerprint density at radius 2 is 2.50 bits per heavy atom. The minimum absolute atomic E-state index is 0.0894. The highest BCUT2D eigenvalue weighted by Gasteiger charge is 2.08. The van der Waals surface area contributed by atoms with Crippen LogP contribution in [0.3, 0.4) is 0 Å². The van der Waals surface area contributed by atoms with Crippen molar-refractivity contribution in [3.63, 3.8) is 0 Å². The van der Waals surface area contributed by atoms with E-state index in [0.717, 1.165) is 19.4 Å². The van der Waals surface area contributed by atoms with Crippen molar-refractivity contribution in [2.45, 2.75) is 19.8 Å². The molecule has 0 aromatic carbocycles. The zero-order chi connectivity index (χ0) is 10.4. The van der Waals surface area contributed by atoms with Crippen molar-refractivity contribution in [3.05, 3.63) is 11.6 Å². The summed E-state index contributed by atoms with van der Waals surface area (Å²) in [5.74, 6) is 0. The van der Waals surface area contributed by atoms with Crippen LogP contribution in [0, 0.1) is 0 Å². The fraction of sp³-hybridized carbons (Fsp3) is 0.556. The highest BCUT2D eigenvalue weighted by atomic mass is 32.1. The second kappa shape index (κ2) is 5.59. The van der Waals surface area contributed by atoms with Crippen LogP contribution in [0.2, 0.25) is 0 Å². The average Bonchev–Trinajstić information content (AvgIpc) is 2.66. The number of thiazole rings is 1. The van der Waals surface area contributed by atoms with E-state index < -0.39 is 0 Å². The van der Waals surface area contributed by atoms with E-state index in [1.807, 2.05) is 5.38 Å². The predicted molar refractivity (Wildman–Crippen MR) is 58.7 cm³/mol. The maximum Gasteiger partial charge on any atom is 0.323 e. The van der Waals surface area contributed by atoms with Gasteiger partial charge in [-0.05, 0) is 6.42 Å². The molecule has 0 aliphatic carbocycles. The third kappa shape index (κ3) is 3.33. The molecule has 0 unspecified atom stereocenters. The van der Waals surface area contributed by atoms with Gasteiger partial charge >= 0.3 is 6.03 Å². The smallest absolute Gasteiger partial charge is 0.323 e. The number of nitrogens with zero attached hydrogens (tertiary/aromatic N) is 2. The van der Waals surface area contributed by atoms with Crippen LogP contribution in [0.25, 0.3) is 0 Å². The number of carbonyl (C=O) groups is 1. The molecule has 0 bridgehead atoms. The summed E-state index contributed by atoms with van der Waals surface area (Å²) in [7, 11) is 1.79. The van der Waals surface area contributed by atoms with Gasteiger partial charge in [0.05, 0.1) is 0 Å². The Morgan fingerprint density at radius 3 is 3.07 bits per heavy atom. The summed E-state index contributed by atoms with van der Waals surface area (Å²) >= 11 is 1.42. The van der Waals surface area contributed by atoms with Crippen LogP contribution in [0.1, 0.15) is 19.8 Å². The van der Waals surface area contributed by atoms with Gasteiger partial charge in [0.2, 0.25) is 0 Å². The van der Waals surface area contributed by atoms with Gasteiger partial charge in [-0.15, -0.1) is 11.3 Å². The molecule has 1 rings (SSSR count). The molecular weight excluding hydrogens is 198 g/mol. The fourth-order valence-electron chi connectivity index (χ4n) is 0.969. The molecule has 0 aliphatic heterocycles. The lowest BCUT2D eigenvalue weighted by atomic mass is 10.3. The van der Waals surface area contributed by atoms with E-state index in [1.54, 1.807) is 18.1 Å². The van der Waals surface area contributed by atoms with Crippen molar-refractivity contribution in [1.29, 1.82) is 0 Å². The first-order valence-corrected chi connectivity index (χ1v) is 5.53. The second-order valence-electron chi connectivity index (χ2n) is 3.04. The molecular formula is C9H15N3OS. The van der Waals surface area contributed by atoms with Gasteiger partial charge in [0.25, 0.3) is 0 Å². The lowest BCUT2D eigenvalue weighted by molar-refractivity contribution is 0.222. The zero-order valence-electron chi connectivity index (χ0n) is 8.49. The number of hydrogen-bond acceptors (Lipinski definition) is 3. The Morgan fingerprint density at radius 1 is 1.71 bits per heavy atom. The molecule has 14 heavy (non-hydrogen) atoms. The Bertz CT molecular complexity index is 274. The van der Waals surface area contributed by atoms with E-state index in [-0.39, 0.29) is 6.03 Å². The van der Waals surface area contributed by atoms with Gasteiger partial charge in [0.15, 0.2) is 5.13 Å². The first kappa shape index (κ1) is 11.0. The number of nitrogens with one attached hydrogen (secondary N) is 1. The Hall–Kier alpha value is -1.10. The maximum atomic E-state index is 11.5. The molecule has 0 radical (unpaired) electrons. The van der Waals surface area contributed by atoms with Gasteiger partial charge in [-0.3, -0.25) is 5.32 Å². The quantitative estimate of drug-likeness (QED) is 0.834. The Labute approximate surface area is 88.0 Å². The number of hydrogen-bond donors (Lipinski definition) is 1. The fourth-order valence-corrected chi connectivity index (χ4v) is 1.49. The minimum atomic E-state index is -0.0894. The molecule has 1 aromatic heterocycles. The third-order valence-corrected chi connectivity index (χ3v) is 2.53. The molecule has 0 saturated heterocycles. The first-order chi connectivity index (χ1) is 6.74. The van der Waals surface area contributed by atoms with Crippen LogP contribution in [-0.2, 0) is 0 Å². The molecule has 1 heterocycles. The van der Waals surface area contributed by atoms with Gasteiger partial charge in [-0.1, -0.05) is 13.3 Å². The van der Waals surface area contributed by atoms with E-state index in [9.17, 15) is 4.79 Å². The van der Waals surface area contributed by atoms with E-state index in [0.29, 0.717) is 5.13 Å². The number of rotatable bonds is 4. The summed E-state index contributed by atoms with van der Waals surface area (Å²) in [5.41, 5.74) is 0. The minimum Gasteiger partial charge on any atom is -0.328 e. The van der Waals surface area contributed by atoms with Gasteiger partial charge in [-0.2, -0.15) is 0 Å². The van der Waals surface area contributed by atoms with Crippen LogP contribution in [-0.4, -0.2) is 29.5 Å². The van der Waals surface area contributed by atoms with E-state index in [2.05, 4.69) is 17.2 Å². The molecule has 0 aliphatic rings. The highest BCUT2D eigenvalue weighted by molar-refractivity contribution is 7.13. The number of carbonyl (C=O) groups excluding carboxylic acids is 1. The lowest BCUT2D eigenvalue weighted by Crippen LogP contribution is -2.31. The molecule has 1 aromatic rings. The number of unbranched alkanes of at least 4 members (excludes halogenated alkanes) is 1. The van der Waals surface area contributed by atoms with Crippen LogP contribution >= 0.6 is 11.3 Å². The number of amides is 2. The van der Waals surface area contributed by atoms with E-state index in [1.165, 1.54) is 11.3 Å². The monoisotopic (exact) mass is 213 g/mol. The number of aromatic nitrogens is 1. The summed E-state index contributed by atoms with van der Waals surface area (Å²) < 4.78 is 0. The molecule has 0 spiro atoms. The van der Waals surface area contributed by atoms with Crippen molar-refractivity contribution in [2.75, 3.05) is 18.9 Å². The molecule has 2 amide bonds. The van der Waals surface area contributed by atoms with Crippen molar-refractivity contribution in [1.82, 2.24) is 9.88 Å². The molecule has 5 heteroatoms. The lowest BCUT2D eigenvalue weighted by Gasteiger charge is -2.16. The van der Waals surface area contributed by atoms with E-state index in [4.69, 9.17) is 0 Å². The van der Waals surface area contributed by atoms with Crippen LogP contribution < -0.4 is 5.32 Å². The van der Waals surface area contributed by atoms with Crippen molar-refractivity contribution in [3.8, 4) is 0 Å². The zero-order valence-corrected chi connectivity index (χ0v) is 9.30. The summed E-state index contributed by atoms with van der Waals surface area (Å²) in [6, 6.07) is -0.0894. The summed E-state index contributed by atoms with van der Waals surface area (Å²) in [6.45, 7) is 2.89.